The molecule has 0 aliphatic rings. The van der Waals surface area contributed by atoms with Gasteiger partial charge < -0.3 is 10.2 Å². The van der Waals surface area contributed by atoms with Gasteiger partial charge in [-0.1, -0.05) is 0 Å². The quantitative estimate of drug-likeness (QED) is 0.754. The fourth-order valence-corrected chi connectivity index (χ4v) is 0.994. The number of nitrogens with two attached hydrogens (primary N) is 1. The second-order valence-corrected chi connectivity index (χ2v) is 2.72. The highest BCUT2D eigenvalue weighted by Crippen LogP contribution is 2.34. The van der Waals surface area contributed by atoms with Gasteiger partial charge in [-0.15, -0.1) is 0 Å². The Hall–Kier alpha value is -1.30. The number of Topliss-reactive ketones (excluding diaryl/α,β-unsaturated/α-hetero) is 1. The number of carbonyl (C=O) groups excluding carboxylic acids is 1. The van der Waals surface area contributed by atoms with Crippen LogP contribution in [0.2, 0.25) is 0 Å². The minimum Gasteiger partial charge on any atom is -0.448 e. The van der Waals surface area contributed by atoms with Crippen LogP contribution in [-0.2, 0) is 12.7 Å². The average Bonchev–Trinajstić information content (AvgIpc) is 2.46. The summed E-state index contributed by atoms with van der Waals surface area (Å²) >= 11 is 0. The maximum Gasteiger partial charge on any atom is 0.449 e. The number of halogens is 3. The van der Waals surface area contributed by atoms with E-state index in [1.54, 1.807) is 0 Å². The molecule has 0 fully saturated rings. The first-order valence-corrected chi connectivity index (χ1v) is 3.77. The molecule has 3 nitrogen and oxygen atoms in total. The molecular weight excluding hydrogens is 199 g/mol. The zero-order valence-electron chi connectivity index (χ0n) is 7.31. The van der Waals surface area contributed by atoms with Gasteiger partial charge in [0.2, 0.25) is 5.76 Å². The molecule has 0 aliphatic heterocycles. The van der Waals surface area contributed by atoms with Crippen molar-refractivity contribution in [2.45, 2.75) is 19.6 Å². The predicted molar refractivity (Wildman–Crippen MR) is 41.6 cm³/mol. The lowest BCUT2D eigenvalue weighted by Crippen LogP contribution is -2.08. The molecule has 0 saturated carbocycles. The maximum atomic E-state index is 12.3. The Balaban J connectivity index is 3.22. The number of alkyl halides is 3. The Morgan fingerprint density at radius 3 is 2.43 bits per heavy atom. The van der Waals surface area contributed by atoms with Crippen LogP contribution in [0, 0.1) is 0 Å². The van der Waals surface area contributed by atoms with E-state index in [0.717, 1.165) is 13.0 Å². The number of furan rings is 1. The summed E-state index contributed by atoms with van der Waals surface area (Å²) in [5.41, 5.74) is 4.88. The largest absolute Gasteiger partial charge is 0.449 e. The molecule has 2 N–H and O–H groups in total. The van der Waals surface area contributed by atoms with Crippen LogP contribution in [0.5, 0.6) is 0 Å². The fraction of sp³-hybridized carbons (Fsp3) is 0.375. The topological polar surface area (TPSA) is 56.2 Å². The number of rotatable bonds is 2. The van der Waals surface area contributed by atoms with E-state index in [1.807, 2.05) is 0 Å². The molecule has 0 bridgehead atoms. The molecule has 1 aromatic rings. The minimum atomic E-state index is -4.61. The first-order valence-electron chi connectivity index (χ1n) is 3.77. The normalized spacial score (nSPS) is 11.8. The summed E-state index contributed by atoms with van der Waals surface area (Å²) < 4.78 is 41.1. The highest BCUT2D eigenvalue weighted by molar-refractivity contribution is 5.91. The van der Waals surface area contributed by atoms with Gasteiger partial charge in [0.05, 0.1) is 0 Å². The Labute approximate surface area is 77.7 Å². The van der Waals surface area contributed by atoms with Gasteiger partial charge in [0, 0.05) is 19.0 Å². The highest BCUT2D eigenvalue weighted by Gasteiger charge is 2.38. The van der Waals surface area contributed by atoms with E-state index in [0.29, 0.717) is 0 Å². The number of carbonyl (C=O) groups is 1. The molecule has 6 heteroatoms. The van der Waals surface area contributed by atoms with Gasteiger partial charge in [0.15, 0.2) is 11.5 Å². The first kappa shape index (κ1) is 10.8. The molecule has 0 radical (unpaired) electrons. The summed E-state index contributed by atoms with van der Waals surface area (Å²) in [7, 11) is 0. The lowest BCUT2D eigenvalue weighted by molar-refractivity contribution is -0.153. The third kappa shape index (κ3) is 1.95. The summed E-state index contributed by atoms with van der Waals surface area (Å²) in [5.74, 6) is -2.07. The summed E-state index contributed by atoms with van der Waals surface area (Å²) in [6, 6.07) is 1.02. The van der Waals surface area contributed by atoms with Gasteiger partial charge >= 0.3 is 6.18 Å². The lowest BCUT2D eigenvalue weighted by Gasteiger charge is -2.03. The fourth-order valence-electron chi connectivity index (χ4n) is 0.994. The lowest BCUT2D eigenvalue weighted by atomic mass is 10.2. The van der Waals surface area contributed by atoms with E-state index in [4.69, 9.17) is 5.73 Å². The van der Waals surface area contributed by atoms with Crippen molar-refractivity contribution in [1.82, 2.24) is 0 Å². The van der Waals surface area contributed by atoms with E-state index in [1.165, 1.54) is 0 Å². The maximum absolute atomic E-state index is 12.3. The van der Waals surface area contributed by atoms with Gasteiger partial charge in [-0.3, -0.25) is 4.79 Å². The van der Waals surface area contributed by atoms with Crippen LogP contribution < -0.4 is 5.73 Å². The number of ketones is 1. The summed E-state index contributed by atoms with van der Waals surface area (Å²) in [4.78, 5) is 10.8. The van der Waals surface area contributed by atoms with Gasteiger partial charge in [-0.25, -0.2) is 0 Å². The van der Waals surface area contributed by atoms with Crippen molar-refractivity contribution >= 4 is 5.78 Å². The molecule has 0 saturated heterocycles. The SMILES string of the molecule is CC(=O)c1cc(CN)c(C(F)(F)F)o1. The van der Waals surface area contributed by atoms with Crippen molar-refractivity contribution in [2.75, 3.05) is 0 Å². The van der Waals surface area contributed by atoms with Crippen molar-refractivity contribution in [2.24, 2.45) is 5.73 Å². The van der Waals surface area contributed by atoms with Gasteiger partial charge in [-0.2, -0.15) is 13.2 Å². The zero-order valence-corrected chi connectivity index (χ0v) is 7.31. The van der Waals surface area contributed by atoms with Gasteiger partial charge in [0.1, 0.15) is 0 Å². The Morgan fingerprint density at radius 1 is 1.57 bits per heavy atom. The standard InChI is InChI=1S/C8H8F3NO2/c1-4(13)6-2-5(3-12)7(14-6)8(9,10)11/h2H,3,12H2,1H3. The second kappa shape index (κ2) is 3.45. The molecule has 14 heavy (non-hydrogen) atoms. The number of hydrogen-bond donors (Lipinski definition) is 1. The number of hydrogen-bond acceptors (Lipinski definition) is 3. The second-order valence-electron chi connectivity index (χ2n) is 2.72. The van der Waals surface area contributed by atoms with E-state index < -0.39 is 17.7 Å². The molecule has 0 unspecified atom stereocenters. The van der Waals surface area contributed by atoms with Crippen molar-refractivity contribution in [1.29, 1.82) is 0 Å². The van der Waals surface area contributed by atoms with Crippen molar-refractivity contribution in [3.8, 4) is 0 Å². The molecule has 0 atom stereocenters. The van der Waals surface area contributed by atoms with Crippen LogP contribution >= 0.6 is 0 Å². The predicted octanol–water partition coefficient (Wildman–Crippen LogP) is 1.96. The monoisotopic (exact) mass is 207 g/mol. The summed E-state index contributed by atoms with van der Waals surface area (Å²) in [5, 5.41) is 0. The first-order chi connectivity index (χ1) is 6.36. The molecule has 0 aliphatic carbocycles. The average molecular weight is 207 g/mol. The van der Waals surface area contributed by atoms with Crippen LogP contribution in [0.25, 0.3) is 0 Å². The minimum absolute atomic E-state index is 0.206. The third-order valence-electron chi connectivity index (χ3n) is 1.63. The molecule has 0 amide bonds. The van der Waals surface area contributed by atoms with Gasteiger partial charge in [0.25, 0.3) is 0 Å². The van der Waals surface area contributed by atoms with Crippen molar-refractivity contribution in [3.05, 3.63) is 23.2 Å². The third-order valence-corrected chi connectivity index (χ3v) is 1.63. The van der Waals surface area contributed by atoms with Gasteiger partial charge in [-0.05, 0) is 6.07 Å². The van der Waals surface area contributed by atoms with Crippen LogP contribution in [0.3, 0.4) is 0 Å². The Kier molecular flexibility index (Phi) is 2.66. The highest BCUT2D eigenvalue weighted by atomic mass is 19.4. The van der Waals surface area contributed by atoms with E-state index in [9.17, 15) is 18.0 Å². The van der Waals surface area contributed by atoms with Crippen LogP contribution in [0.15, 0.2) is 10.5 Å². The molecule has 0 spiro atoms. The summed E-state index contributed by atoms with van der Waals surface area (Å²) in [6.45, 7) is 0.810. The zero-order chi connectivity index (χ0) is 10.9. The van der Waals surface area contributed by atoms with Crippen LogP contribution in [0.1, 0.15) is 28.8 Å². The van der Waals surface area contributed by atoms with E-state index in [2.05, 4.69) is 4.42 Å². The Bertz CT molecular complexity index is 354. The van der Waals surface area contributed by atoms with Crippen molar-refractivity contribution < 1.29 is 22.4 Å². The smallest absolute Gasteiger partial charge is 0.448 e. The van der Waals surface area contributed by atoms with Crippen molar-refractivity contribution in [3.63, 3.8) is 0 Å². The van der Waals surface area contributed by atoms with Crippen LogP contribution in [-0.4, -0.2) is 5.78 Å². The molecule has 1 rings (SSSR count). The molecule has 1 aromatic heterocycles. The summed E-state index contributed by atoms with van der Waals surface area (Å²) in [6.07, 6.45) is -4.61. The Morgan fingerprint density at radius 2 is 2.14 bits per heavy atom. The molecule has 1 heterocycles. The molecule has 78 valence electrons. The molecule has 0 aromatic carbocycles. The van der Waals surface area contributed by atoms with E-state index >= 15 is 0 Å². The molecular formula is C8H8F3NO2. The van der Waals surface area contributed by atoms with E-state index in [-0.39, 0.29) is 17.9 Å². The van der Waals surface area contributed by atoms with Crippen LogP contribution in [0.4, 0.5) is 13.2 Å².